The number of hydrogen-bond acceptors (Lipinski definition) is 7. The summed E-state index contributed by atoms with van der Waals surface area (Å²) in [7, 11) is -7.54. The highest BCUT2D eigenvalue weighted by atomic mass is 31.2. The summed E-state index contributed by atoms with van der Waals surface area (Å²) in [6, 6.07) is 0. The molecule has 0 aromatic heterocycles. The highest BCUT2D eigenvalue weighted by Crippen LogP contribution is 2.72. The van der Waals surface area contributed by atoms with Gasteiger partial charge in [0.2, 0.25) is 0 Å². The van der Waals surface area contributed by atoms with E-state index in [4.69, 9.17) is 18.1 Å². The second-order valence-corrected chi connectivity index (χ2v) is 10.7. The molecule has 0 saturated heterocycles. The molecule has 9 heteroatoms. The maximum Gasteiger partial charge on any atom is 0.345 e. The Balaban J connectivity index is 3.24. The fourth-order valence-electron chi connectivity index (χ4n) is 3.13. The topological polar surface area (TPSA) is 88.1 Å². The van der Waals surface area contributed by atoms with Crippen molar-refractivity contribution in [3.8, 4) is 0 Å². The number of rotatable bonds is 12. The molecule has 0 bridgehead atoms. The van der Waals surface area contributed by atoms with E-state index < -0.39 is 20.6 Å². The van der Waals surface area contributed by atoms with Crippen LogP contribution in [-0.4, -0.2) is 37.6 Å². The maximum absolute atomic E-state index is 13.4. The third-order valence-corrected chi connectivity index (χ3v) is 10.2. The summed E-state index contributed by atoms with van der Waals surface area (Å²) in [5.41, 5.74) is 0. The lowest BCUT2D eigenvalue weighted by molar-refractivity contribution is -0.124. The van der Waals surface area contributed by atoms with Crippen LogP contribution in [0.25, 0.3) is 0 Å². The molecule has 0 amide bonds. The summed E-state index contributed by atoms with van der Waals surface area (Å²) in [5.74, 6) is -0.211. The van der Waals surface area contributed by atoms with E-state index in [1.54, 1.807) is 27.7 Å². The van der Waals surface area contributed by atoms with Crippen LogP contribution in [0.1, 0.15) is 59.8 Å². The molecule has 0 heterocycles. The van der Waals surface area contributed by atoms with Crippen molar-refractivity contribution >= 4 is 21.0 Å². The normalized spacial score (nSPS) is 19.6. The molecule has 0 N–H and O–H groups in total. The average molecular weight is 398 g/mol. The molecule has 7 nitrogen and oxygen atoms in total. The summed E-state index contributed by atoms with van der Waals surface area (Å²) in [6.45, 7) is 7.35. The minimum atomic E-state index is -3.77. The first-order chi connectivity index (χ1) is 11.9. The van der Waals surface area contributed by atoms with Gasteiger partial charge in [-0.25, -0.2) is 0 Å². The van der Waals surface area contributed by atoms with E-state index in [1.807, 2.05) is 0 Å². The molecule has 148 valence electrons. The molecule has 0 spiro atoms. The van der Waals surface area contributed by atoms with Crippen LogP contribution in [0.5, 0.6) is 0 Å². The van der Waals surface area contributed by atoms with Crippen molar-refractivity contribution in [1.82, 2.24) is 0 Å². The second-order valence-electron chi connectivity index (χ2n) is 5.88. The molecular weight excluding hydrogens is 366 g/mol. The highest BCUT2D eigenvalue weighted by Gasteiger charge is 2.52. The first-order valence-corrected chi connectivity index (χ1v) is 12.4. The Hall–Kier alpha value is -0.0300. The van der Waals surface area contributed by atoms with Gasteiger partial charge in [-0.2, -0.15) is 0 Å². The van der Waals surface area contributed by atoms with Crippen LogP contribution in [0.15, 0.2) is 0 Å². The summed E-state index contributed by atoms with van der Waals surface area (Å²) >= 11 is 0. The molecule has 25 heavy (non-hydrogen) atoms. The SMILES string of the molecule is CCOP(=O)(OCC)C(C[C@@H]1CCCCC1=O)P(=O)(OCC)OCC. The fourth-order valence-corrected chi connectivity index (χ4v) is 8.62. The van der Waals surface area contributed by atoms with Crippen molar-refractivity contribution in [2.75, 3.05) is 26.4 Å². The Kier molecular flexibility index (Phi) is 10.1. The minimum Gasteiger partial charge on any atom is -0.308 e. The Morgan fingerprint density at radius 3 is 1.68 bits per heavy atom. The first-order valence-electron chi connectivity index (χ1n) is 9.17. The first kappa shape index (κ1) is 23.0. The van der Waals surface area contributed by atoms with Gasteiger partial charge in [0.05, 0.1) is 26.4 Å². The third kappa shape index (κ3) is 6.27. The quantitative estimate of drug-likeness (QED) is 0.428. The van der Waals surface area contributed by atoms with Crippen molar-refractivity contribution in [3.63, 3.8) is 0 Å². The summed E-state index contributed by atoms with van der Waals surface area (Å²) < 4.78 is 48.6. The van der Waals surface area contributed by atoms with Crippen LogP contribution in [0, 0.1) is 5.92 Å². The van der Waals surface area contributed by atoms with Gasteiger partial charge in [-0.15, -0.1) is 0 Å². The van der Waals surface area contributed by atoms with Crippen LogP contribution in [0.4, 0.5) is 0 Å². The lowest BCUT2D eigenvalue weighted by Gasteiger charge is -2.33. The Morgan fingerprint density at radius 2 is 1.32 bits per heavy atom. The number of ketones is 1. The van der Waals surface area contributed by atoms with Crippen molar-refractivity contribution in [1.29, 1.82) is 0 Å². The van der Waals surface area contributed by atoms with Crippen LogP contribution in [0.2, 0.25) is 0 Å². The van der Waals surface area contributed by atoms with Gasteiger partial charge in [0.25, 0.3) is 0 Å². The molecule has 1 saturated carbocycles. The number of carbonyl (C=O) groups excluding carboxylic acids is 1. The van der Waals surface area contributed by atoms with Crippen molar-refractivity contribution in [3.05, 3.63) is 0 Å². The Labute approximate surface area is 151 Å². The maximum atomic E-state index is 13.4. The second kappa shape index (κ2) is 11.0. The van der Waals surface area contributed by atoms with Crippen molar-refractivity contribution < 1.29 is 32.0 Å². The van der Waals surface area contributed by atoms with E-state index in [9.17, 15) is 13.9 Å². The zero-order chi connectivity index (χ0) is 18.9. The van der Waals surface area contributed by atoms with E-state index in [2.05, 4.69) is 0 Å². The third-order valence-electron chi connectivity index (χ3n) is 4.14. The van der Waals surface area contributed by atoms with E-state index >= 15 is 0 Å². The zero-order valence-electron chi connectivity index (χ0n) is 15.8. The summed E-state index contributed by atoms with van der Waals surface area (Å²) in [5, 5.41) is -1.09. The summed E-state index contributed by atoms with van der Waals surface area (Å²) in [6.07, 6.45) is 3.10. The van der Waals surface area contributed by atoms with Gasteiger partial charge in [0, 0.05) is 12.3 Å². The standard InChI is InChI=1S/C16H32O7P2/c1-5-20-24(18,21-6-2)16(25(19,22-7-3)23-8-4)13-14-11-9-10-12-15(14)17/h14,16H,5-13H2,1-4H3/t14-/m0/s1. The van der Waals surface area contributed by atoms with Gasteiger partial charge in [0.1, 0.15) is 5.78 Å². The molecule has 0 aromatic carbocycles. The van der Waals surface area contributed by atoms with Gasteiger partial charge in [0.15, 0.2) is 5.40 Å². The molecule has 1 fully saturated rings. The smallest absolute Gasteiger partial charge is 0.308 e. The van der Waals surface area contributed by atoms with Gasteiger partial charge >= 0.3 is 15.2 Å². The zero-order valence-corrected chi connectivity index (χ0v) is 17.6. The van der Waals surface area contributed by atoms with Crippen LogP contribution in [-0.2, 0) is 32.0 Å². The van der Waals surface area contributed by atoms with E-state index in [1.165, 1.54) is 0 Å². The number of hydrogen-bond donors (Lipinski definition) is 0. The molecule has 0 aliphatic heterocycles. The van der Waals surface area contributed by atoms with Crippen molar-refractivity contribution in [2.45, 2.75) is 65.2 Å². The van der Waals surface area contributed by atoms with Gasteiger partial charge in [-0.3, -0.25) is 13.9 Å². The van der Waals surface area contributed by atoms with E-state index in [-0.39, 0.29) is 44.5 Å². The predicted octanol–water partition coefficient (Wildman–Crippen LogP) is 4.99. The molecular formula is C16H32O7P2. The van der Waals surface area contributed by atoms with Crippen molar-refractivity contribution in [2.24, 2.45) is 5.92 Å². The fraction of sp³-hybridized carbons (Fsp3) is 0.938. The van der Waals surface area contributed by atoms with Crippen LogP contribution >= 0.6 is 15.2 Å². The number of carbonyl (C=O) groups is 1. The molecule has 0 unspecified atom stereocenters. The molecule has 1 rings (SSSR count). The predicted molar refractivity (Wildman–Crippen MR) is 97.1 cm³/mol. The molecule has 1 aliphatic rings. The lowest BCUT2D eigenvalue weighted by Crippen LogP contribution is -2.26. The molecule has 0 radical (unpaired) electrons. The van der Waals surface area contributed by atoms with Gasteiger partial charge < -0.3 is 18.1 Å². The molecule has 0 aromatic rings. The Bertz CT molecular complexity index is 459. The van der Waals surface area contributed by atoms with Gasteiger partial charge in [-0.05, 0) is 47.0 Å². The molecule has 1 atom stereocenters. The Morgan fingerprint density at radius 1 is 0.880 bits per heavy atom. The average Bonchev–Trinajstić information content (AvgIpc) is 2.54. The minimum absolute atomic E-state index is 0.107. The van der Waals surface area contributed by atoms with Crippen LogP contribution < -0.4 is 0 Å². The number of Topliss-reactive ketones (excluding diaryl/α,β-unsaturated/α-hetero) is 1. The van der Waals surface area contributed by atoms with Crippen LogP contribution in [0.3, 0.4) is 0 Å². The lowest BCUT2D eigenvalue weighted by atomic mass is 9.86. The van der Waals surface area contributed by atoms with E-state index in [0.717, 1.165) is 12.8 Å². The monoisotopic (exact) mass is 398 g/mol. The molecule has 1 aliphatic carbocycles. The summed E-state index contributed by atoms with van der Waals surface area (Å²) in [4.78, 5) is 12.3. The van der Waals surface area contributed by atoms with Gasteiger partial charge in [-0.1, -0.05) is 6.42 Å². The highest BCUT2D eigenvalue weighted by molar-refractivity contribution is 7.72. The largest absolute Gasteiger partial charge is 0.345 e. The van der Waals surface area contributed by atoms with E-state index in [0.29, 0.717) is 12.8 Å².